The van der Waals surface area contributed by atoms with Crippen molar-refractivity contribution >= 4 is 5.78 Å². The summed E-state index contributed by atoms with van der Waals surface area (Å²) in [6.45, 7) is 5.09. The molecule has 1 rings (SSSR count). The summed E-state index contributed by atoms with van der Waals surface area (Å²) in [4.78, 5) is 12.1. The second kappa shape index (κ2) is 6.28. The van der Waals surface area contributed by atoms with Gasteiger partial charge in [-0.25, -0.2) is 0 Å². The van der Waals surface area contributed by atoms with Gasteiger partial charge in [0.05, 0.1) is 12.2 Å². The molecule has 1 unspecified atom stereocenters. The Hall–Kier alpha value is -1.35. The summed E-state index contributed by atoms with van der Waals surface area (Å²) < 4.78 is 5.45. The Kier molecular flexibility index (Phi) is 4.99. The number of hydrogen-bond donors (Lipinski definition) is 1. The molecule has 3 heteroatoms. The van der Waals surface area contributed by atoms with Gasteiger partial charge in [-0.1, -0.05) is 19.1 Å². The van der Waals surface area contributed by atoms with Gasteiger partial charge in [-0.2, -0.15) is 0 Å². The molecular weight excluding hydrogens is 202 g/mol. The molecule has 0 aliphatic carbocycles. The molecule has 88 valence electrons. The van der Waals surface area contributed by atoms with Gasteiger partial charge in [0.1, 0.15) is 5.75 Å². The summed E-state index contributed by atoms with van der Waals surface area (Å²) in [6, 6.07) is 7.40. The highest BCUT2D eigenvalue weighted by Crippen LogP contribution is 2.21. The highest BCUT2D eigenvalue weighted by molar-refractivity contribution is 6.00. The van der Waals surface area contributed by atoms with Gasteiger partial charge in [0, 0.05) is 12.5 Å². The molecule has 0 saturated heterocycles. The number of ether oxygens (including phenoxy) is 1. The molecule has 3 nitrogen and oxygen atoms in total. The Morgan fingerprint density at radius 3 is 2.75 bits per heavy atom. The number of rotatable bonds is 6. The first-order valence-electron chi connectivity index (χ1n) is 5.61. The normalized spacial score (nSPS) is 12.2. The molecule has 0 spiro atoms. The molecule has 0 aliphatic heterocycles. The van der Waals surface area contributed by atoms with E-state index in [4.69, 9.17) is 4.74 Å². The lowest BCUT2D eigenvalue weighted by Gasteiger charge is -2.13. The fourth-order valence-electron chi connectivity index (χ4n) is 1.62. The molecule has 0 fully saturated rings. The number of hydrogen-bond acceptors (Lipinski definition) is 3. The van der Waals surface area contributed by atoms with Crippen LogP contribution in [0.5, 0.6) is 5.75 Å². The maximum Gasteiger partial charge on any atom is 0.170 e. The van der Waals surface area contributed by atoms with Crippen LogP contribution in [0, 0.1) is 5.92 Å². The van der Waals surface area contributed by atoms with Crippen LogP contribution in [-0.4, -0.2) is 26.0 Å². The molecular formula is C13H19NO2. The van der Waals surface area contributed by atoms with Crippen molar-refractivity contribution in [2.75, 3.05) is 20.2 Å². The van der Waals surface area contributed by atoms with Crippen molar-refractivity contribution in [3.05, 3.63) is 29.8 Å². The molecule has 0 aromatic heterocycles. The largest absolute Gasteiger partial charge is 0.493 e. The van der Waals surface area contributed by atoms with Crippen LogP contribution >= 0.6 is 0 Å². The summed E-state index contributed by atoms with van der Waals surface area (Å²) in [5, 5.41) is 3.01. The number of carbonyl (C=O) groups excluding carboxylic acids is 1. The minimum atomic E-state index is -0.0355. The van der Waals surface area contributed by atoms with Crippen LogP contribution in [0.4, 0.5) is 0 Å². The Balaban J connectivity index is 2.89. The van der Waals surface area contributed by atoms with Crippen molar-refractivity contribution < 1.29 is 9.53 Å². The van der Waals surface area contributed by atoms with Gasteiger partial charge in [-0.05, 0) is 26.1 Å². The Morgan fingerprint density at radius 2 is 2.12 bits per heavy atom. The highest BCUT2D eigenvalue weighted by Gasteiger charge is 2.17. The van der Waals surface area contributed by atoms with Crippen LogP contribution < -0.4 is 10.1 Å². The Labute approximate surface area is 96.8 Å². The predicted octanol–water partition coefficient (Wildman–Crippen LogP) is 2.12. The number of carbonyl (C=O) groups is 1. The quantitative estimate of drug-likeness (QED) is 0.748. The zero-order chi connectivity index (χ0) is 12.0. The molecule has 1 N–H and O–H groups in total. The van der Waals surface area contributed by atoms with E-state index in [1.165, 1.54) is 0 Å². The minimum Gasteiger partial charge on any atom is -0.493 e. The third-order valence-electron chi connectivity index (χ3n) is 2.41. The number of para-hydroxylation sites is 1. The van der Waals surface area contributed by atoms with E-state index in [2.05, 4.69) is 5.32 Å². The van der Waals surface area contributed by atoms with E-state index in [0.717, 1.165) is 0 Å². The van der Waals surface area contributed by atoms with Gasteiger partial charge >= 0.3 is 0 Å². The lowest BCUT2D eigenvalue weighted by molar-refractivity contribution is 0.0926. The Bertz CT molecular complexity index is 350. The van der Waals surface area contributed by atoms with E-state index in [9.17, 15) is 4.79 Å². The maximum atomic E-state index is 12.1. The molecule has 0 saturated carbocycles. The maximum absolute atomic E-state index is 12.1. The first-order valence-corrected chi connectivity index (χ1v) is 5.61. The van der Waals surface area contributed by atoms with E-state index in [0.29, 0.717) is 24.5 Å². The van der Waals surface area contributed by atoms with Crippen molar-refractivity contribution in [1.29, 1.82) is 0 Å². The summed E-state index contributed by atoms with van der Waals surface area (Å²) >= 11 is 0. The van der Waals surface area contributed by atoms with Gasteiger partial charge in [-0.3, -0.25) is 4.79 Å². The molecule has 0 heterocycles. The summed E-state index contributed by atoms with van der Waals surface area (Å²) in [5.41, 5.74) is 0.673. The fourth-order valence-corrected chi connectivity index (χ4v) is 1.62. The molecule has 0 bridgehead atoms. The van der Waals surface area contributed by atoms with Crippen LogP contribution in [0.25, 0.3) is 0 Å². The molecule has 1 aromatic carbocycles. The third-order valence-corrected chi connectivity index (χ3v) is 2.41. The molecule has 0 aliphatic rings. The van der Waals surface area contributed by atoms with Crippen molar-refractivity contribution in [1.82, 2.24) is 5.32 Å². The lowest BCUT2D eigenvalue weighted by atomic mass is 9.98. The monoisotopic (exact) mass is 221 g/mol. The zero-order valence-corrected chi connectivity index (χ0v) is 10.1. The average Bonchev–Trinajstić information content (AvgIpc) is 2.29. The number of benzene rings is 1. The third kappa shape index (κ3) is 3.07. The lowest BCUT2D eigenvalue weighted by Crippen LogP contribution is -2.24. The molecule has 1 aromatic rings. The van der Waals surface area contributed by atoms with Crippen LogP contribution in [0.15, 0.2) is 24.3 Å². The first-order chi connectivity index (χ1) is 7.70. The molecule has 0 radical (unpaired) electrons. The van der Waals surface area contributed by atoms with Crippen LogP contribution in [0.3, 0.4) is 0 Å². The summed E-state index contributed by atoms with van der Waals surface area (Å²) in [5.74, 6) is 0.767. The number of ketones is 1. The summed E-state index contributed by atoms with van der Waals surface area (Å²) in [6.07, 6.45) is 0. The van der Waals surface area contributed by atoms with Gasteiger partial charge in [0.2, 0.25) is 0 Å². The smallest absolute Gasteiger partial charge is 0.170 e. The van der Waals surface area contributed by atoms with Crippen molar-refractivity contribution in [2.24, 2.45) is 5.92 Å². The first kappa shape index (κ1) is 12.7. The van der Waals surface area contributed by atoms with E-state index in [-0.39, 0.29) is 11.7 Å². The van der Waals surface area contributed by atoms with Crippen molar-refractivity contribution in [3.63, 3.8) is 0 Å². The SMILES string of the molecule is CCOc1ccccc1C(=O)C(C)CNC. The standard InChI is InChI=1S/C13H19NO2/c1-4-16-12-8-6-5-7-11(12)13(15)10(2)9-14-3/h5-8,10,14H,4,9H2,1-3H3. The fraction of sp³-hybridized carbons (Fsp3) is 0.462. The van der Waals surface area contributed by atoms with Gasteiger partial charge in [0.25, 0.3) is 0 Å². The van der Waals surface area contributed by atoms with Crippen molar-refractivity contribution in [3.8, 4) is 5.75 Å². The summed E-state index contributed by atoms with van der Waals surface area (Å²) in [7, 11) is 1.85. The average molecular weight is 221 g/mol. The van der Waals surface area contributed by atoms with E-state index in [1.807, 2.05) is 45.2 Å². The topological polar surface area (TPSA) is 38.3 Å². The van der Waals surface area contributed by atoms with Crippen molar-refractivity contribution in [2.45, 2.75) is 13.8 Å². The second-order valence-electron chi connectivity index (χ2n) is 3.75. The van der Waals surface area contributed by atoms with Crippen LogP contribution in [-0.2, 0) is 0 Å². The molecule has 1 atom stereocenters. The minimum absolute atomic E-state index is 0.0355. The number of nitrogens with one attached hydrogen (secondary N) is 1. The molecule has 16 heavy (non-hydrogen) atoms. The second-order valence-corrected chi connectivity index (χ2v) is 3.75. The molecule has 0 amide bonds. The van der Waals surface area contributed by atoms with E-state index < -0.39 is 0 Å². The van der Waals surface area contributed by atoms with Gasteiger partial charge in [-0.15, -0.1) is 0 Å². The number of Topliss-reactive ketones (excluding diaryl/α,β-unsaturated/α-hetero) is 1. The van der Waals surface area contributed by atoms with Gasteiger partial charge < -0.3 is 10.1 Å². The predicted molar refractivity (Wildman–Crippen MR) is 65.0 cm³/mol. The van der Waals surface area contributed by atoms with E-state index >= 15 is 0 Å². The Morgan fingerprint density at radius 1 is 1.44 bits per heavy atom. The van der Waals surface area contributed by atoms with Gasteiger partial charge in [0.15, 0.2) is 5.78 Å². The highest BCUT2D eigenvalue weighted by atomic mass is 16.5. The van der Waals surface area contributed by atoms with E-state index in [1.54, 1.807) is 0 Å². The zero-order valence-electron chi connectivity index (χ0n) is 10.1. The van der Waals surface area contributed by atoms with Crippen LogP contribution in [0.1, 0.15) is 24.2 Å². The van der Waals surface area contributed by atoms with Crippen LogP contribution in [0.2, 0.25) is 0 Å².